The second-order valence-electron chi connectivity index (χ2n) is 4.57. The third-order valence-electron chi connectivity index (χ3n) is 3.53. The third kappa shape index (κ3) is 3.71. The van der Waals surface area contributed by atoms with Crippen LogP contribution in [0.4, 0.5) is 0 Å². The van der Waals surface area contributed by atoms with Crippen LogP contribution < -0.4 is 4.72 Å². The molecule has 0 aliphatic heterocycles. The summed E-state index contributed by atoms with van der Waals surface area (Å²) in [5.41, 5.74) is -1.08. The lowest BCUT2D eigenvalue weighted by molar-refractivity contribution is -0.149. The molecule has 112 valence electrons. The number of aliphatic carboxylic acids is 1. The van der Waals surface area contributed by atoms with Gasteiger partial charge in [-0.15, -0.1) is 0 Å². The van der Waals surface area contributed by atoms with Gasteiger partial charge in [0.15, 0.2) is 0 Å². The van der Waals surface area contributed by atoms with Crippen molar-refractivity contribution in [2.45, 2.75) is 31.6 Å². The summed E-state index contributed by atoms with van der Waals surface area (Å²) in [4.78, 5) is 11.4. The number of sulfonamides is 1. The minimum atomic E-state index is -3.74. The van der Waals surface area contributed by atoms with Crippen molar-refractivity contribution in [3.8, 4) is 0 Å². The van der Waals surface area contributed by atoms with Crippen molar-refractivity contribution in [3.05, 3.63) is 29.3 Å². The van der Waals surface area contributed by atoms with E-state index < -0.39 is 21.4 Å². The molecule has 2 N–H and O–H groups in total. The van der Waals surface area contributed by atoms with Crippen molar-refractivity contribution in [3.63, 3.8) is 0 Å². The highest BCUT2D eigenvalue weighted by molar-refractivity contribution is 7.89. The van der Waals surface area contributed by atoms with Gasteiger partial charge in [0.2, 0.25) is 10.0 Å². The van der Waals surface area contributed by atoms with Gasteiger partial charge in [-0.3, -0.25) is 4.79 Å². The number of carbonyl (C=O) groups is 1. The second-order valence-corrected chi connectivity index (χ2v) is 6.77. The average molecular weight is 320 g/mol. The third-order valence-corrected chi connectivity index (χ3v) is 5.20. The Morgan fingerprint density at radius 3 is 2.15 bits per heavy atom. The monoisotopic (exact) mass is 319 g/mol. The lowest BCUT2D eigenvalue weighted by atomic mass is 9.83. The summed E-state index contributed by atoms with van der Waals surface area (Å²) in [5.74, 6) is -0.999. The smallest absolute Gasteiger partial charge is 0.310 e. The number of benzene rings is 1. The minimum Gasteiger partial charge on any atom is -0.481 e. The number of rotatable bonds is 7. The molecule has 0 aliphatic carbocycles. The fourth-order valence-electron chi connectivity index (χ4n) is 1.81. The van der Waals surface area contributed by atoms with Crippen molar-refractivity contribution in [1.82, 2.24) is 4.72 Å². The molecule has 0 spiro atoms. The molecule has 1 aromatic rings. The fourth-order valence-corrected chi connectivity index (χ4v) is 3.06. The molecule has 0 unspecified atom stereocenters. The van der Waals surface area contributed by atoms with Crippen LogP contribution in [0.25, 0.3) is 0 Å². The van der Waals surface area contributed by atoms with E-state index in [1.54, 1.807) is 13.8 Å². The second kappa shape index (κ2) is 6.56. The van der Waals surface area contributed by atoms with E-state index in [-0.39, 0.29) is 11.4 Å². The van der Waals surface area contributed by atoms with Crippen LogP contribution in [-0.4, -0.2) is 26.0 Å². The maximum Gasteiger partial charge on any atom is 0.310 e. The van der Waals surface area contributed by atoms with Gasteiger partial charge in [0.05, 0.1) is 10.3 Å². The van der Waals surface area contributed by atoms with Crippen LogP contribution in [0.5, 0.6) is 0 Å². The standard InChI is InChI=1S/C13H18ClNO4S/c1-3-13(4-2,12(16)17)9-15-20(18,19)11-7-5-10(14)6-8-11/h5-8,15H,3-4,9H2,1-2H3,(H,16,17). The van der Waals surface area contributed by atoms with Gasteiger partial charge in [-0.05, 0) is 37.1 Å². The average Bonchev–Trinajstić information content (AvgIpc) is 2.40. The van der Waals surface area contributed by atoms with Gasteiger partial charge in [-0.1, -0.05) is 25.4 Å². The van der Waals surface area contributed by atoms with E-state index in [0.717, 1.165) is 0 Å². The minimum absolute atomic E-state index is 0.0633. The van der Waals surface area contributed by atoms with Gasteiger partial charge in [-0.2, -0.15) is 0 Å². The molecular weight excluding hydrogens is 302 g/mol. The van der Waals surface area contributed by atoms with Crippen molar-refractivity contribution in [1.29, 1.82) is 0 Å². The predicted molar refractivity (Wildman–Crippen MR) is 77.3 cm³/mol. The van der Waals surface area contributed by atoms with Gasteiger partial charge < -0.3 is 5.11 Å². The summed E-state index contributed by atoms with van der Waals surface area (Å²) >= 11 is 5.70. The first kappa shape index (κ1) is 16.9. The molecule has 0 bridgehead atoms. The Hall–Kier alpha value is -1.11. The zero-order chi connectivity index (χ0) is 15.4. The normalized spacial score (nSPS) is 12.3. The SMILES string of the molecule is CCC(CC)(CNS(=O)(=O)c1ccc(Cl)cc1)C(=O)O. The Kier molecular flexibility index (Phi) is 5.56. The highest BCUT2D eigenvalue weighted by Gasteiger charge is 2.36. The maximum absolute atomic E-state index is 12.1. The van der Waals surface area contributed by atoms with Crippen molar-refractivity contribution < 1.29 is 18.3 Å². The Morgan fingerprint density at radius 1 is 1.25 bits per heavy atom. The first-order valence-electron chi connectivity index (χ1n) is 6.26. The van der Waals surface area contributed by atoms with E-state index in [2.05, 4.69) is 4.72 Å². The molecule has 0 atom stereocenters. The van der Waals surface area contributed by atoms with Gasteiger partial charge in [0.1, 0.15) is 0 Å². The molecule has 20 heavy (non-hydrogen) atoms. The van der Waals surface area contributed by atoms with Crippen molar-refractivity contribution in [2.24, 2.45) is 5.41 Å². The topological polar surface area (TPSA) is 83.5 Å². The molecule has 0 aromatic heterocycles. The van der Waals surface area contributed by atoms with Crippen molar-refractivity contribution in [2.75, 3.05) is 6.54 Å². The van der Waals surface area contributed by atoms with Crippen LogP contribution in [0.15, 0.2) is 29.2 Å². The molecule has 7 heteroatoms. The molecule has 0 heterocycles. The van der Waals surface area contributed by atoms with E-state index in [0.29, 0.717) is 17.9 Å². The van der Waals surface area contributed by atoms with Gasteiger partial charge in [0.25, 0.3) is 0 Å². The number of carboxylic acids is 1. The summed E-state index contributed by atoms with van der Waals surface area (Å²) < 4.78 is 26.6. The molecule has 0 saturated heterocycles. The number of nitrogens with one attached hydrogen (secondary N) is 1. The highest BCUT2D eigenvalue weighted by Crippen LogP contribution is 2.26. The van der Waals surface area contributed by atoms with Crippen LogP contribution in [0, 0.1) is 5.41 Å². The lowest BCUT2D eigenvalue weighted by Crippen LogP contribution is -2.42. The first-order chi connectivity index (χ1) is 9.27. The van der Waals surface area contributed by atoms with E-state index in [9.17, 15) is 18.3 Å². The molecule has 0 amide bonds. The van der Waals surface area contributed by atoms with Crippen LogP contribution in [0.1, 0.15) is 26.7 Å². The van der Waals surface area contributed by atoms with Gasteiger partial charge >= 0.3 is 5.97 Å². The molecule has 1 aromatic carbocycles. The number of carboxylic acid groups (broad SMARTS) is 1. The van der Waals surface area contributed by atoms with Crippen LogP contribution in [-0.2, 0) is 14.8 Å². The molecule has 0 aliphatic rings. The van der Waals surface area contributed by atoms with E-state index in [1.807, 2.05) is 0 Å². The van der Waals surface area contributed by atoms with Crippen LogP contribution in [0.3, 0.4) is 0 Å². The zero-order valence-electron chi connectivity index (χ0n) is 11.4. The van der Waals surface area contributed by atoms with Crippen LogP contribution >= 0.6 is 11.6 Å². The zero-order valence-corrected chi connectivity index (χ0v) is 13.0. The quantitative estimate of drug-likeness (QED) is 0.809. The summed E-state index contributed by atoms with van der Waals surface area (Å²) in [6, 6.07) is 5.70. The first-order valence-corrected chi connectivity index (χ1v) is 8.12. The van der Waals surface area contributed by atoms with E-state index in [1.165, 1.54) is 24.3 Å². The van der Waals surface area contributed by atoms with Crippen LogP contribution in [0.2, 0.25) is 5.02 Å². The highest BCUT2D eigenvalue weighted by atomic mass is 35.5. The van der Waals surface area contributed by atoms with E-state index >= 15 is 0 Å². The number of halogens is 1. The lowest BCUT2D eigenvalue weighted by Gasteiger charge is -2.26. The molecular formula is C13H18ClNO4S. The Labute approximate surface area is 124 Å². The van der Waals surface area contributed by atoms with Gasteiger partial charge in [-0.25, -0.2) is 13.1 Å². The Morgan fingerprint density at radius 2 is 1.75 bits per heavy atom. The maximum atomic E-state index is 12.1. The molecule has 0 fully saturated rings. The number of hydrogen-bond donors (Lipinski definition) is 2. The molecule has 0 saturated carbocycles. The molecule has 5 nitrogen and oxygen atoms in total. The molecule has 0 radical (unpaired) electrons. The summed E-state index contributed by atoms with van der Waals surface area (Å²) in [7, 11) is -3.74. The molecule has 1 rings (SSSR count). The summed E-state index contributed by atoms with van der Waals surface area (Å²) in [6.07, 6.45) is 0.698. The van der Waals surface area contributed by atoms with Crippen molar-refractivity contribution >= 4 is 27.6 Å². The van der Waals surface area contributed by atoms with Gasteiger partial charge in [0, 0.05) is 11.6 Å². The summed E-state index contributed by atoms with van der Waals surface area (Å²) in [5, 5.41) is 9.71. The Bertz CT molecular complexity index is 565. The fraction of sp³-hybridized carbons (Fsp3) is 0.462. The number of hydrogen-bond acceptors (Lipinski definition) is 3. The van der Waals surface area contributed by atoms with E-state index in [4.69, 9.17) is 11.6 Å². The summed E-state index contributed by atoms with van der Waals surface area (Å²) in [6.45, 7) is 3.32. The largest absolute Gasteiger partial charge is 0.481 e. The predicted octanol–water partition coefficient (Wildman–Crippen LogP) is 2.51. The Balaban J connectivity index is 2.92.